The van der Waals surface area contributed by atoms with Crippen LogP contribution in [0.5, 0.6) is 0 Å². The highest BCUT2D eigenvalue weighted by Gasteiger charge is 2.17. The molecule has 1 aliphatic rings. The number of hydrogen-bond acceptors (Lipinski definition) is 6. The molecule has 0 amide bonds. The van der Waals surface area contributed by atoms with Crippen LogP contribution in [0, 0.1) is 5.92 Å². The molecule has 110 valence electrons. The van der Waals surface area contributed by atoms with Crippen molar-refractivity contribution in [2.24, 2.45) is 5.92 Å². The van der Waals surface area contributed by atoms with Crippen LogP contribution in [0.2, 0.25) is 0 Å². The number of nitrogen functional groups attached to an aromatic ring is 1. The van der Waals surface area contributed by atoms with E-state index in [1.807, 2.05) is 0 Å². The number of nitrogens with two attached hydrogens (primary N) is 1. The SMILES string of the molecule is COC(=O)c1ccc(N)c(NCC2CCN(C)CC2)n1. The molecule has 6 nitrogen and oxygen atoms in total. The number of carbonyl (C=O) groups is 1. The molecule has 0 radical (unpaired) electrons. The number of ether oxygens (including phenoxy) is 1. The molecule has 1 aromatic heterocycles. The fraction of sp³-hybridized carbons (Fsp3) is 0.571. The third-order valence-corrected chi connectivity index (χ3v) is 3.72. The number of nitrogens with zero attached hydrogens (tertiary/aromatic N) is 2. The van der Waals surface area contributed by atoms with E-state index in [1.165, 1.54) is 20.0 Å². The lowest BCUT2D eigenvalue weighted by atomic mass is 9.97. The van der Waals surface area contributed by atoms with E-state index in [0.717, 1.165) is 19.6 Å². The van der Waals surface area contributed by atoms with Gasteiger partial charge in [0.15, 0.2) is 5.69 Å². The maximum absolute atomic E-state index is 11.5. The normalized spacial score (nSPS) is 16.9. The molecule has 0 atom stereocenters. The number of nitrogens with one attached hydrogen (secondary N) is 1. The average Bonchev–Trinajstić information content (AvgIpc) is 2.47. The van der Waals surface area contributed by atoms with Crippen molar-refractivity contribution in [2.75, 3.05) is 44.8 Å². The fourth-order valence-corrected chi connectivity index (χ4v) is 2.34. The molecule has 0 aliphatic carbocycles. The molecule has 6 heteroatoms. The van der Waals surface area contributed by atoms with E-state index in [2.05, 4.69) is 27.0 Å². The van der Waals surface area contributed by atoms with E-state index in [1.54, 1.807) is 12.1 Å². The largest absolute Gasteiger partial charge is 0.464 e. The van der Waals surface area contributed by atoms with Gasteiger partial charge in [0.05, 0.1) is 12.8 Å². The average molecular weight is 278 g/mol. The van der Waals surface area contributed by atoms with Crippen molar-refractivity contribution in [1.29, 1.82) is 0 Å². The number of hydrogen-bond donors (Lipinski definition) is 2. The van der Waals surface area contributed by atoms with Gasteiger partial charge in [-0.25, -0.2) is 9.78 Å². The number of carbonyl (C=O) groups excluding carboxylic acids is 1. The van der Waals surface area contributed by atoms with Gasteiger partial charge in [0.1, 0.15) is 5.82 Å². The van der Waals surface area contributed by atoms with E-state index in [0.29, 0.717) is 17.4 Å². The molecule has 2 heterocycles. The summed E-state index contributed by atoms with van der Waals surface area (Å²) in [6.07, 6.45) is 2.33. The van der Waals surface area contributed by atoms with Gasteiger partial charge < -0.3 is 20.7 Å². The lowest BCUT2D eigenvalue weighted by Gasteiger charge is -2.29. The summed E-state index contributed by atoms with van der Waals surface area (Å²) in [4.78, 5) is 18.0. The second kappa shape index (κ2) is 6.56. The van der Waals surface area contributed by atoms with Crippen molar-refractivity contribution in [3.8, 4) is 0 Å². The van der Waals surface area contributed by atoms with Gasteiger partial charge >= 0.3 is 5.97 Å². The quantitative estimate of drug-likeness (QED) is 0.806. The highest BCUT2D eigenvalue weighted by atomic mass is 16.5. The number of anilines is 2. The van der Waals surface area contributed by atoms with E-state index >= 15 is 0 Å². The van der Waals surface area contributed by atoms with Crippen LogP contribution in [0.25, 0.3) is 0 Å². The molecule has 1 aromatic rings. The number of likely N-dealkylation sites (tertiary alicyclic amines) is 1. The molecule has 0 unspecified atom stereocenters. The second-order valence-electron chi connectivity index (χ2n) is 5.25. The smallest absolute Gasteiger partial charge is 0.356 e. The highest BCUT2D eigenvalue weighted by Crippen LogP contribution is 2.20. The Hall–Kier alpha value is -1.82. The first kappa shape index (κ1) is 14.6. The Balaban J connectivity index is 1.96. The molecule has 0 spiro atoms. The zero-order chi connectivity index (χ0) is 14.5. The Kier molecular flexibility index (Phi) is 4.79. The Labute approximate surface area is 119 Å². The van der Waals surface area contributed by atoms with Gasteiger partial charge in [0.25, 0.3) is 0 Å². The number of piperidine rings is 1. The van der Waals surface area contributed by atoms with Gasteiger partial charge in [-0.05, 0) is 51.0 Å². The highest BCUT2D eigenvalue weighted by molar-refractivity contribution is 5.88. The van der Waals surface area contributed by atoms with E-state index < -0.39 is 5.97 Å². The van der Waals surface area contributed by atoms with E-state index in [-0.39, 0.29) is 5.69 Å². The third-order valence-electron chi connectivity index (χ3n) is 3.72. The zero-order valence-electron chi connectivity index (χ0n) is 12.1. The number of pyridine rings is 1. The summed E-state index contributed by atoms with van der Waals surface area (Å²) in [5, 5.41) is 3.25. The van der Waals surface area contributed by atoms with E-state index in [4.69, 9.17) is 5.73 Å². The van der Waals surface area contributed by atoms with Crippen LogP contribution in [0.3, 0.4) is 0 Å². The Morgan fingerprint density at radius 1 is 1.50 bits per heavy atom. The molecule has 0 bridgehead atoms. The van der Waals surface area contributed by atoms with Crippen molar-refractivity contribution in [1.82, 2.24) is 9.88 Å². The molecule has 1 saturated heterocycles. The first-order chi connectivity index (χ1) is 9.60. The molecule has 1 fully saturated rings. The molecule has 2 rings (SSSR count). The van der Waals surface area contributed by atoms with E-state index in [9.17, 15) is 4.79 Å². The molecule has 20 heavy (non-hydrogen) atoms. The maximum atomic E-state index is 11.5. The number of esters is 1. The van der Waals surface area contributed by atoms with Crippen molar-refractivity contribution in [3.05, 3.63) is 17.8 Å². The third kappa shape index (κ3) is 3.60. The summed E-state index contributed by atoms with van der Waals surface area (Å²) in [5.74, 6) is 0.730. The minimum absolute atomic E-state index is 0.271. The summed E-state index contributed by atoms with van der Waals surface area (Å²) in [6.45, 7) is 3.07. The minimum atomic E-state index is -0.452. The van der Waals surface area contributed by atoms with Crippen LogP contribution in [0.15, 0.2) is 12.1 Å². The van der Waals surface area contributed by atoms with Gasteiger partial charge in [0.2, 0.25) is 0 Å². The van der Waals surface area contributed by atoms with Gasteiger partial charge in [-0.2, -0.15) is 0 Å². The van der Waals surface area contributed by atoms with Crippen molar-refractivity contribution < 1.29 is 9.53 Å². The van der Waals surface area contributed by atoms with Gasteiger partial charge in [-0.1, -0.05) is 0 Å². The molecule has 1 aliphatic heterocycles. The summed E-state index contributed by atoms with van der Waals surface area (Å²) >= 11 is 0. The van der Waals surface area contributed by atoms with Gasteiger partial charge in [-0.15, -0.1) is 0 Å². The summed E-state index contributed by atoms with van der Waals surface area (Å²) in [6, 6.07) is 3.25. The fourth-order valence-electron chi connectivity index (χ4n) is 2.34. The molecule has 0 saturated carbocycles. The number of methoxy groups -OCH3 is 1. The maximum Gasteiger partial charge on any atom is 0.356 e. The number of rotatable bonds is 4. The van der Waals surface area contributed by atoms with Crippen molar-refractivity contribution >= 4 is 17.5 Å². The molecular weight excluding hydrogens is 256 g/mol. The predicted molar refractivity (Wildman–Crippen MR) is 78.7 cm³/mol. The Morgan fingerprint density at radius 3 is 2.85 bits per heavy atom. The lowest BCUT2D eigenvalue weighted by molar-refractivity contribution is 0.0594. The summed E-state index contributed by atoms with van der Waals surface area (Å²) in [7, 11) is 3.48. The lowest BCUT2D eigenvalue weighted by Crippen LogP contribution is -2.33. The molecule has 0 aromatic carbocycles. The monoisotopic (exact) mass is 278 g/mol. The van der Waals surface area contributed by atoms with Crippen LogP contribution in [-0.2, 0) is 4.74 Å². The van der Waals surface area contributed by atoms with Crippen LogP contribution < -0.4 is 11.1 Å². The first-order valence-corrected chi connectivity index (χ1v) is 6.87. The summed E-state index contributed by atoms with van der Waals surface area (Å²) in [5.41, 5.74) is 6.70. The van der Waals surface area contributed by atoms with Crippen molar-refractivity contribution in [3.63, 3.8) is 0 Å². The Bertz CT molecular complexity index is 470. The van der Waals surface area contributed by atoms with Crippen LogP contribution in [0.1, 0.15) is 23.3 Å². The standard InChI is InChI=1S/C14H22N4O2/c1-18-7-5-10(6-8-18)9-16-13-11(15)3-4-12(17-13)14(19)20-2/h3-4,10H,5-9,15H2,1-2H3,(H,16,17). The van der Waals surface area contributed by atoms with Gasteiger partial charge in [0, 0.05) is 6.54 Å². The minimum Gasteiger partial charge on any atom is -0.464 e. The predicted octanol–water partition coefficient (Wildman–Crippen LogP) is 1.20. The van der Waals surface area contributed by atoms with Crippen molar-refractivity contribution in [2.45, 2.75) is 12.8 Å². The van der Waals surface area contributed by atoms with Crippen LogP contribution >= 0.6 is 0 Å². The number of aromatic nitrogens is 1. The topological polar surface area (TPSA) is 80.5 Å². The zero-order valence-corrected chi connectivity index (χ0v) is 12.1. The molecule has 3 N–H and O–H groups in total. The first-order valence-electron chi connectivity index (χ1n) is 6.87. The van der Waals surface area contributed by atoms with Gasteiger partial charge in [-0.3, -0.25) is 0 Å². The second-order valence-corrected chi connectivity index (χ2v) is 5.25. The molecular formula is C14H22N4O2. The van der Waals surface area contributed by atoms with Crippen LogP contribution in [0.4, 0.5) is 11.5 Å². The van der Waals surface area contributed by atoms with Crippen LogP contribution in [-0.4, -0.2) is 49.6 Å². The summed E-state index contributed by atoms with van der Waals surface area (Å²) < 4.78 is 4.66. The Morgan fingerprint density at radius 2 is 2.20 bits per heavy atom.